The number of hydrogen-bond acceptors (Lipinski definition) is 6. The Kier molecular flexibility index (Phi) is 6.89. The van der Waals surface area contributed by atoms with E-state index in [2.05, 4.69) is 15.6 Å². The highest BCUT2D eigenvalue weighted by Gasteiger charge is 2.11. The summed E-state index contributed by atoms with van der Waals surface area (Å²) in [6.45, 7) is 0.102. The Hall–Kier alpha value is -2.24. The predicted molar refractivity (Wildman–Crippen MR) is 98.6 cm³/mol. The zero-order valence-electron chi connectivity index (χ0n) is 13.9. The lowest BCUT2D eigenvalue weighted by Crippen LogP contribution is -2.38. The van der Waals surface area contributed by atoms with E-state index in [1.165, 1.54) is 0 Å². The van der Waals surface area contributed by atoms with E-state index in [1.807, 2.05) is 24.4 Å². The van der Waals surface area contributed by atoms with Crippen LogP contribution in [0, 0.1) is 0 Å². The maximum Gasteiger partial charge on any atom is 0.320 e. The van der Waals surface area contributed by atoms with Crippen molar-refractivity contribution in [2.24, 2.45) is 0 Å². The standard InChI is InChI=1S/C15H19N3O6S2/c1-24-11-2-3-13-12(6-11)10(7-17-13)4-5-16-14(19)8-18-15(20)9-25-26(21,22)23/h2-3,6-7,17H,4-5,8-9H2,1H3,(H,16,19)(H,18,20)(H,21,22,23). The van der Waals surface area contributed by atoms with Gasteiger partial charge in [0.15, 0.2) is 0 Å². The number of hydrogen-bond donors (Lipinski definition) is 4. The molecule has 11 heteroatoms. The second kappa shape index (κ2) is 8.92. The van der Waals surface area contributed by atoms with Crippen LogP contribution >= 0.6 is 10.8 Å². The van der Waals surface area contributed by atoms with Crippen LogP contribution in [-0.2, 0) is 25.2 Å². The first-order valence-electron chi connectivity index (χ1n) is 7.58. The van der Waals surface area contributed by atoms with Gasteiger partial charge in [0.25, 0.3) is 0 Å². The van der Waals surface area contributed by atoms with Gasteiger partial charge >= 0.3 is 9.15 Å². The summed E-state index contributed by atoms with van der Waals surface area (Å²) in [5, 5.41) is 5.95. The average molecular weight is 401 g/mol. The highest BCUT2D eigenvalue weighted by atomic mass is 33.1. The monoisotopic (exact) mass is 401 g/mol. The summed E-state index contributed by atoms with van der Waals surface area (Å²) in [5.74, 6) is -0.796. The van der Waals surface area contributed by atoms with Crippen LogP contribution in [0.15, 0.2) is 24.4 Å². The molecule has 1 aromatic heterocycles. The lowest BCUT2D eigenvalue weighted by Gasteiger charge is -2.06. The fourth-order valence-corrected chi connectivity index (χ4v) is 3.37. The third kappa shape index (κ3) is 6.24. The Morgan fingerprint density at radius 1 is 1.27 bits per heavy atom. The zero-order valence-corrected chi connectivity index (χ0v) is 15.6. The van der Waals surface area contributed by atoms with Crippen LogP contribution in [0.2, 0.25) is 0 Å². The minimum Gasteiger partial charge on any atom is -0.497 e. The molecule has 2 aromatic rings. The summed E-state index contributed by atoms with van der Waals surface area (Å²) in [6.07, 6.45) is 2.45. The van der Waals surface area contributed by atoms with Gasteiger partial charge < -0.3 is 20.4 Å². The molecule has 142 valence electrons. The van der Waals surface area contributed by atoms with Gasteiger partial charge in [-0.25, -0.2) is 0 Å². The van der Waals surface area contributed by atoms with Gasteiger partial charge in [-0.15, -0.1) is 0 Å². The third-order valence-electron chi connectivity index (χ3n) is 3.48. The number of fused-ring (bicyclic) bond motifs is 1. The fraction of sp³-hybridized carbons (Fsp3) is 0.333. The van der Waals surface area contributed by atoms with Gasteiger partial charge in [-0.1, -0.05) is 0 Å². The maximum absolute atomic E-state index is 11.7. The zero-order chi connectivity index (χ0) is 19.2. The van der Waals surface area contributed by atoms with Gasteiger partial charge in [0, 0.05) is 34.4 Å². The highest BCUT2D eigenvalue weighted by molar-refractivity contribution is 8.70. The van der Waals surface area contributed by atoms with E-state index in [-0.39, 0.29) is 17.3 Å². The van der Waals surface area contributed by atoms with Crippen LogP contribution in [0.3, 0.4) is 0 Å². The van der Waals surface area contributed by atoms with Gasteiger partial charge in [0.05, 0.1) is 19.4 Å². The largest absolute Gasteiger partial charge is 0.497 e. The molecular weight excluding hydrogens is 382 g/mol. The van der Waals surface area contributed by atoms with E-state index >= 15 is 0 Å². The molecule has 0 unspecified atom stereocenters. The van der Waals surface area contributed by atoms with Gasteiger partial charge in [-0.3, -0.25) is 14.1 Å². The Bertz CT molecular complexity index is 894. The molecule has 2 rings (SSSR count). The summed E-state index contributed by atoms with van der Waals surface area (Å²) in [7, 11) is -2.60. The molecule has 0 spiro atoms. The topological polar surface area (TPSA) is 138 Å². The first-order valence-corrected chi connectivity index (χ1v) is 10.5. The molecule has 0 saturated heterocycles. The number of aromatic nitrogens is 1. The Balaban J connectivity index is 1.75. The van der Waals surface area contributed by atoms with E-state index in [4.69, 9.17) is 9.29 Å². The van der Waals surface area contributed by atoms with Gasteiger partial charge in [-0.05, 0) is 30.2 Å². The Labute approximate surface area is 154 Å². The predicted octanol–water partition coefficient (Wildman–Crippen LogP) is 0.487. The van der Waals surface area contributed by atoms with E-state index in [0.717, 1.165) is 22.2 Å². The van der Waals surface area contributed by atoms with Crippen LogP contribution < -0.4 is 15.4 Å². The molecule has 0 radical (unpaired) electrons. The molecule has 0 aliphatic heterocycles. The molecule has 9 nitrogen and oxygen atoms in total. The van der Waals surface area contributed by atoms with Gasteiger partial charge in [0.1, 0.15) is 5.75 Å². The summed E-state index contributed by atoms with van der Waals surface area (Å²) >= 11 is 0. The lowest BCUT2D eigenvalue weighted by atomic mass is 10.1. The Morgan fingerprint density at radius 2 is 2.04 bits per heavy atom. The van der Waals surface area contributed by atoms with Crippen LogP contribution in [0.25, 0.3) is 10.9 Å². The minimum absolute atomic E-state index is 0.0838. The number of carbonyl (C=O) groups is 2. The molecule has 0 atom stereocenters. The molecule has 0 aliphatic carbocycles. The highest BCUT2D eigenvalue weighted by Crippen LogP contribution is 2.23. The molecule has 4 N–H and O–H groups in total. The lowest BCUT2D eigenvalue weighted by molar-refractivity contribution is -0.124. The quantitative estimate of drug-likeness (QED) is 0.354. The SMILES string of the molecule is COc1ccc2[nH]cc(CCNC(=O)CNC(=O)CSS(=O)(=O)O)c2c1. The van der Waals surface area contributed by atoms with Crippen LogP contribution in [-0.4, -0.2) is 55.7 Å². The molecule has 26 heavy (non-hydrogen) atoms. The number of aromatic amines is 1. The van der Waals surface area contributed by atoms with Crippen molar-refractivity contribution in [2.45, 2.75) is 6.42 Å². The summed E-state index contributed by atoms with van der Waals surface area (Å²) in [4.78, 5) is 26.2. The first kappa shape index (κ1) is 20.1. The van der Waals surface area contributed by atoms with E-state index in [9.17, 15) is 18.0 Å². The fourth-order valence-electron chi connectivity index (χ4n) is 2.25. The molecular formula is C15H19N3O6S2. The number of H-pyrrole nitrogens is 1. The number of methoxy groups -OCH3 is 1. The number of amides is 2. The van der Waals surface area contributed by atoms with E-state index < -0.39 is 26.7 Å². The van der Waals surface area contributed by atoms with Crippen molar-refractivity contribution in [1.29, 1.82) is 0 Å². The smallest absolute Gasteiger partial charge is 0.320 e. The van der Waals surface area contributed by atoms with Crippen LogP contribution in [0.1, 0.15) is 5.56 Å². The van der Waals surface area contributed by atoms with Crippen molar-refractivity contribution >= 4 is 42.7 Å². The minimum atomic E-state index is -4.28. The van der Waals surface area contributed by atoms with Crippen molar-refractivity contribution < 1.29 is 27.3 Å². The number of ether oxygens (including phenoxy) is 1. The second-order valence-electron chi connectivity index (χ2n) is 5.29. The molecule has 0 aliphatic rings. The van der Waals surface area contributed by atoms with E-state index in [0.29, 0.717) is 13.0 Å². The first-order chi connectivity index (χ1) is 12.3. The van der Waals surface area contributed by atoms with Crippen molar-refractivity contribution in [2.75, 3.05) is 26.0 Å². The average Bonchev–Trinajstić information content (AvgIpc) is 2.99. The molecule has 0 saturated carbocycles. The number of carbonyl (C=O) groups excluding carboxylic acids is 2. The number of benzene rings is 1. The molecule has 0 fully saturated rings. The normalized spacial score (nSPS) is 11.3. The van der Waals surface area contributed by atoms with Crippen molar-refractivity contribution in [3.8, 4) is 5.75 Å². The number of rotatable bonds is 9. The third-order valence-corrected chi connectivity index (χ3v) is 5.40. The molecule has 2 amide bonds. The molecule has 1 heterocycles. The summed E-state index contributed by atoms with van der Waals surface area (Å²) < 4.78 is 34.7. The molecule has 0 bridgehead atoms. The van der Waals surface area contributed by atoms with E-state index in [1.54, 1.807) is 7.11 Å². The van der Waals surface area contributed by atoms with Crippen molar-refractivity contribution in [3.63, 3.8) is 0 Å². The van der Waals surface area contributed by atoms with Crippen molar-refractivity contribution in [1.82, 2.24) is 15.6 Å². The number of nitrogens with one attached hydrogen (secondary N) is 3. The van der Waals surface area contributed by atoms with Gasteiger partial charge in [0.2, 0.25) is 11.8 Å². The Morgan fingerprint density at radius 3 is 2.73 bits per heavy atom. The maximum atomic E-state index is 11.7. The van der Waals surface area contributed by atoms with Gasteiger partial charge in [-0.2, -0.15) is 8.42 Å². The van der Waals surface area contributed by atoms with Crippen LogP contribution in [0.4, 0.5) is 0 Å². The molecule has 1 aromatic carbocycles. The van der Waals surface area contributed by atoms with Crippen molar-refractivity contribution in [3.05, 3.63) is 30.0 Å². The second-order valence-corrected chi connectivity index (χ2v) is 8.64. The summed E-state index contributed by atoms with van der Waals surface area (Å²) in [5.41, 5.74) is 1.99. The van der Waals surface area contributed by atoms with Crippen LogP contribution in [0.5, 0.6) is 5.75 Å². The summed E-state index contributed by atoms with van der Waals surface area (Å²) in [6, 6.07) is 5.68.